The van der Waals surface area contributed by atoms with Crippen LogP contribution in [-0.2, 0) is 24.8 Å². The molecule has 0 bridgehead atoms. The van der Waals surface area contributed by atoms with E-state index in [1.807, 2.05) is 39.2 Å². The first-order valence-corrected chi connectivity index (χ1v) is 13.9. The van der Waals surface area contributed by atoms with Gasteiger partial charge in [-0.25, -0.2) is 15.0 Å². The van der Waals surface area contributed by atoms with Gasteiger partial charge in [-0.15, -0.1) is 0 Å². The average Bonchev–Trinajstić information content (AvgIpc) is 3.21. The van der Waals surface area contributed by atoms with Crippen LogP contribution in [0, 0.1) is 10.1 Å². The Labute approximate surface area is 264 Å². The van der Waals surface area contributed by atoms with Gasteiger partial charge in [-0.3, -0.25) is 4.79 Å². The number of fused-ring (bicyclic) bond motifs is 1. The Hall–Kier alpha value is -3.27. The van der Waals surface area contributed by atoms with Crippen LogP contribution in [0.15, 0.2) is 57.9 Å². The summed E-state index contributed by atoms with van der Waals surface area (Å²) in [5.74, 6) is 1.11. The fraction of sp³-hybridized carbons (Fsp3) is 0.269. The van der Waals surface area contributed by atoms with E-state index in [0.717, 1.165) is 14.6 Å². The molecule has 4 rings (SSSR count). The van der Waals surface area contributed by atoms with Crippen LogP contribution in [0.25, 0.3) is 10.9 Å². The molecule has 41 heavy (non-hydrogen) atoms. The number of hydrogen-bond acceptors (Lipinski definition) is 8. The number of imidazole rings is 1. The van der Waals surface area contributed by atoms with Crippen molar-refractivity contribution in [2.45, 2.75) is 19.9 Å². The molecule has 0 saturated carbocycles. The monoisotopic (exact) mass is 751 g/mol. The molecule has 0 saturated heterocycles. The number of halogens is 3. The van der Waals surface area contributed by atoms with Crippen molar-refractivity contribution in [2.24, 2.45) is 7.05 Å². The molecule has 0 radical (unpaired) electrons. The molecule has 15 heteroatoms. The van der Waals surface area contributed by atoms with E-state index >= 15 is 0 Å². The van der Waals surface area contributed by atoms with E-state index in [2.05, 4.69) is 62.4 Å². The smallest absolute Gasteiger partial charge is 0.391 e. The van der Waals surface area contributed by atoms with Crippen molar-refractivity contribution in [3.05, 3.63) is 79.5 Å². The summed E-state index contributed by atoms with van der Waals surface area (Å²) in [6.07, 6.45) is 6.79. The maximum absolute atomic E-state index is 12.7. The Bertz CT molecular complexity index is 1620. The molecule has 0 aliphatic heterocycles. The van der Waals surface area contributed by atoms with E-state index in [4.69, 9.17) is 0 Å². The number of anilines is 3. The number of likely N-dealkylation sites (N-methyl/N-ethyl adjacent to an activating group) is 1. The number of nitrogens with zero attached hydrogens (tertiary/aromatic N) is 7. The van der Waals surface area contributed by atoms with Crippen LogP contribution in [-0.4, -0.2) is 60.5 Å². The van der Waals surface area contributed by atoms with Crippen molar-refractivity contribution in [3.8, 4) is 0 Å². The Morgan fingerprint density at radius 1 is 1.17 bits per heavy atom. The minimum atomic E-state index is -0.446. The SMILES string of the molecule is CCc1nc([N+](=O)[O-])c(C[N+](C)(C)C/C=C/C(=O)Nc2cc3c(Nc4ccc(Br)c(Br)c4)ncnc3cn2)n1C.[Br-]. The molecule has 12 nitrogen and oxygen atoms in total. The van der Waals surface area contributed by atoms with Gasteiger partial charge in [0.05, 0.1) is 32.4 Å². The van der Waals surface area contributed by atoms with Crippen LogP contribution in [0.3, 0.4) is 0 Å². The largest absolute Gasteiger partial charge is 1.00 e. The van der Waals surface area contributed by atoms with Crippen molar-refractivity contribution in [3.63, 3.8) is 0 Å². The highest BCUT2D eigenvalue weighted by molar-refractivity contribution is 9.13. The molecule has 3 heterocycles. The lowest BCUT2D eigenvalue weighted by molar-refractivity contribution is -0.898. The third-order valence-corrected chi connectivity index (χ3v) is 8.06. The molecular formula is C26H28Br3N9O3. The van der Waals surface area contributed by atoms with E-state index < -0.39 is 4.92 Å². The molecule has 0 aliphatic carbocycles. The maximum atomic E-state index is 12.7. The van der Waals surface area contributed by atoms with Gasteiger partial charge in [0, 0.05) is 39.6 Å². The summed E-state index contributed by atoms with van der Waals surface area (Å²) in [5, 5.41) is 18.3. The first kappa shape index (κ1) is 32.2. The van der Waals surface area contributed by atoms with Gasteiger partial charge >= 0.3 is 5.82 Å². The van der Waals surface area contributed by atoms with Crippen LogP contribution in [0.2, 0.25) is 0 Å². The first-order chi connectivity index (χ1) is 19.0. The van der Waals surface area contributed by atoms with Gasteiger partial charge in [-0.2, -0.15) is 0 Å². The maximum Gasteiger partial charge on any atom is 0.391 e. The number of nitrogens with one attached hydrogen (secondary N) is 2. The second-order valence-corrected chi connectivity index (χ2v) is 11.4. The molecule has 0 aliphatic rings. The standard InChI is InChI=1S/C26H27Br2N9O3.BrH/c1-5-23-34-26(36(39)40)21(35(23)2)14-37(3,4)10-6-7-24(38)33-22-12-17-20(13-29-22)30-15-31-25(17)32-16-8-9-18(27)19(28)11-16;/h6-9,11-13,15H,5,10,14H2,1-4H3,(H-,29,30,31,32,33,38);1H/b7-6+;. The zero-order valence-electron chi connectivity index (χ0n) is 22.7. The number of benzene rings is 1. The summed E-state index contributed by atoms with van der Waals surface area (Å²) in [7, 11) is 5.67. The number of carbonyl (C=O) groups excluding carboxylic acids is 1. The number of hydrogen-bond donors (Lipinski definition) is 2. The number of aryl methyl sites for hydroxylation is 1. The van der Waals surface area contributed by atoms with Crippen LogP contribution in [0.4, 0.5) is 23.1 Å². The summed E-state index contributed by atoms with van der Waals surface area (Å²) in [6, 6.07) is 7.45. The van der Waals surface area contributed by atoms with Crippen LogP contribution in [0.5, 0.6) is 0 Å². The van der Waals surface area contributed by atoms with Gasteiger partial charge in [-0.1, -0.05) is 6.92 Å². The fourth-order valence-electron chi connectivity index (χ4n) is 4.13. The summed E-state index contributed by atoms with van der Waals surface area (Å²) < 4.78 is 3.99. The van der Waals surface area contributed by atoms with E-state index in [1.165, 1.54) is 12.4 Å². The Balaban J connectivity index is 0.00000462. The molecule has 0 unspecified atom stereocenters. The van der Waals surface area contributed by atoms with Crippen molar-refractivity contribution < 1.29 is 31.2 Å². The quantitative estimate of drug-likeness (QED) is 0.109. The van der Waals surface area contributed by atoms with Crippen LogP contribution in [0.1, 0.15) is 18.4 Å². The van der Waals surface area contributed by atoms with Crippen molar-refractivity contribution in [1.29, 1.82) is 0 Å². The number of quaternary nitrogens is 1. The fourth-order valence-corrected chi connectivity index (χ4v) is 4.75. The average molecular weight is 754 g/mol. The predicted molar refractivity (Wildman–Crippen MR) is 160 cm³/mol. The first-order valence-electron chi connectivity index (χ1n) is 12.3. The van der Waals surface area contributed by atoms with Gasteiger partial charge in [-0.05, 0) is 72.1 Å². The number of aromatic nitrogens is 5. The number of pyridine rings is 1. The molecule has 0 atom stereocenters. The van der Waals surface area contributed by atoms with Gasteiger partial charge < -0.3 is 46.8 Å². The molecule has 4 aromatic rings. The Morgan fingerprint density at radius 2 is 1.93 bits per heavy atom. The normalized spacial score (nSPS) is 11.5. The number of nitro groups is 1. The third kappa shape index (κ3) is 7.93. The van der Waals surface area contributed by atoms with Gasteiger partial charge in [0.15, 0.2) is 5.69 Å². The zero-order valence-corrected chi connectivity index (χ0v) is 27.5. The third-order valence-electron chi connectivity index (χ3n) is 6.18. The van der Waals surface area contributed by atoms with Crippen LogP contribution < -0.4 is 27.6 Å². The topological polar surface area (TPSA) is 141 Å². The molecule has 1 aromatic carbocycles. The zero-order chi connectivity index (χ0) is 29.0. The minimum absolute atomic E-state index is 0. The number of carbonyl (C=O) groups is 1. The summed E-state index contributed by atoms with van der Waals surface area (Å²) in [5.41, 5.74) is 1.99. The summed E-state index contributed by atoms with van der Waals surface area (Å²) >= 11 is 6.96. The van der Waals surface area contributed by atoms with Crippen molar-refractivity contribution in [1.82, 2.24) is 24.5 Å². The highest BCUT2D eigenvalue weighted by Gasteiger charge is 2.30. The number of amides is 1. The predicted octanol–water partition coefficient (Wildman–Crippen LogP) is 2.27. The van der Waals surface area contributed by atoms with E-state index in [0.29, 0.717) is 58.1 Å². The molecule has 0 spiro atoms. The second kappa shape index (κ2) is 13.6. The molecule has 216 valence electrons. The van der Waals surface area contributed by atoms with E-state index in [-0.39, 0.29) is 28.7 Å². The second-order valence-electron chi connectivity index (χ2n) is 9.70. The molecular weight excluding hydrogens is 726 g/mol. The lowest BCUT2D eigenvalue weighted by Gasteiger charge is -2.28. The van der Waals surface area contributed by atoms with Crippen molar-refractivity contribution in [2.75, 3.05) is 31.3 Å². The summed E-state index contributed by atoms with van der Waals surface area (Å²) in [4.78, 5) is 40.9. The highest BCUT2D eigenvalue weighted by atomic mass is 79.9. The summed E-state index contributed by atoms with van der Waals surface area (Å²) in [6.45, 7) is 2.75. The number of rotatable bonds is 10. The van der Waals surface area contributed by atoms with E-state index in [1.54, 1.807) is 30.0 Å². The highest BCUT2D eigenvalue weighted by Crippen LogP contribution is 2.29. The molecule has 1 amide bonds. The molecule has 0 fully saturated rings. The molecule has 2 N–H and O–H groups in total. The Morgan fingerprint density at radius 3 is 2.61 bits per heavy atom. The van der Waals surface area contributed by atoms with E-state index in [9.17, 15) is 14.9 Å². The van der Waals surface area contributed by atoms with Gasteiger partial charge in [0.1, 0.15) is 24.5 Å². The lowest BCUT2D eigenvalue weighted by atomic mass is 10.2. The molecule has 3 aromatic heterocycles. The van der Waals surface area contributed by atoms with Crippen LogP contribution >= 0.6 is 31.9 Å². The van der Waals surface area contributed by atoms with Crippen molar-refractivity contribution >= 4 is 71.8 Å². The van der Waals surface area contributed by atoms with Gasteiger partial charge in [0.25, 0.3) is 0 Å². The Kier molecular flexibility index (Phi) is 10.7. The lowest BCUT2D eigenvalue weighted by Crippen LogP contribution is -3.00. The van der Waals surface area contributed by atoms with Gasteiger partial charge in [0.2, 0.25) is 11.7 Å². The minimum Gasteiger partial charge on any atom is -1.00 e.